The van der Waals surface area contributed by atoms with Crippen LogP contribution in [0.15, 0.2) is 24.3 Å². The molecule has 1 aromatic rings. The molecule has 0 bridgehead atoms. The maximum Gasteiger partial charge on any atom is 0.223 e. The summed E-state index contributed by atoms with van der Waals surface area (Å²) in [6.45, 7) is 4.46. The highest BCUT2D eigenvalue weighted by atomic mass is 32.2. The summed E-state index contributed by atoms with van der Waals surface area (Å²) in [5.41, 5.74) is 6.28. The predicted octanol–water partition coefficient (Wildman–Crippen LogP) is 0.515. The summed E-state index contributed by atoms with van der Waals surface area (Å²) in [4.78, 5) is 22.4. The van der Waals surface area contributed by atoms with Crippen LogP contribution in [-0.2, 0) is 30.3 Å². The van der Waals surface area contributed by atoms with E-state index in [1.54, 1.807) is 0 Å². The minimum Gasteiger partial charge on any atom is -0.491 e. The normalized spacial score (nSPS) is 11.7. The summed E-state index contributed by atoms with van der Waals surface area (Å²) in [5.74, 6) is 0.618. The zero-order valence-corrected chi connectivity index (χ0v) is 18.3. The molecular weight excluding hydrogens is 410 g/mol. The van der Waals surface area contributed by atoms with Crippen LogP contribution in [0.2, 0.25) is 0 Å². The van der Waals surface area contributed by atoms with Crippen molar-refractivity contribution in [3.8, 4) is 5.75 Å². The van der Waals surface area contributed by atoms with Gasteiger partial charge in [0, 0.05) is 13.1 Å². The Labute approximate surface area is 182 Å². The third-order valence-corrected chi connectivity index (χ3v) is 4.70. The van der Waals surface area contributed by atoms with Crippen molar-refractivity contribution in [2.45, 2.75) is 18.3 Å². The molecule has 30 heavy (non-hydrogen) atoms. The molecule has 0 fully saturated rings. The van der Waals surface area contributed by atoms with Crippen LogP contribution in [0, 0.1) is 0 Å². The van der Waals surface area contributed by atoms with Gasteiger partial charge in [-0.3, -0.25) is 9.59 Å². The van der Waals surface area contributed by atoms with Gasteiger partial charge >= 0.3 is 0 Å². The fourth-order valence-electron chi connectivity index (χ4n) is 2.27. The average Bonchev–Trinajstić information content (AvgIpc) is 2.76. The number of hydrogen-bond donors (Lipinski definition) is 3. The SMILES string of the molecule is CSC(CC(=O)NCc1ccc(OCCOCCOCCOCCN)cc1)NC=O. The van der Waals surface area contributed by atoms with Crippen LogP contribution in [0.5, 0.6) is 5.75 Å². The second-order valence-electron chi connectivity index (χ2n) is 6.11. The van der Waals surface area contributed by atoms with Gasteiger partial charge in [-0.25, -0.2) is 0 Å². The van der Waals surface area contributed by atoms with Crippen molar-refractivity contribution in [3.63, 3.8) is 0 Å². The first-order valence-corrected chi connectivity index (χ1v) is 11.1. The Hall–Kier alpha value is -1.85. The van der Waals surface area contributed by atoms with Gasteiger partial charge in [0.1, 0.15) is 12.4 Å². The molecule has 0 aromatic heterocycles. The van der Waals surface area contributed by atoms with Crippen molar-refractivity contribution in [1.82, 2.24) is 10.6 Å². The van der Waals surface area contributed by atoms with Gasteiger partial charge in [-0.05, 0) is 24.0 Å². The third-order valence-electron chi connectivity index (χ3n) is 3.82. The number of ether oxygens (including phenoxy) is 4. The van der Waals surface area contributed by atoms with Gasteiger partial charge in [-0.15, -0.1) is 11.8 Å². The van der Waals surface area contributed by atoms with Gasteiger partial charge in [0.15, 0.2) is 0 Å². The van der Waals surface area contributed by atoms with Gasteiger partial charge < -0.3 is 35.3 Å². The molecule has 2 amide bonds. The number of nitrogens with one attached hydrogen (secondary N) is 2. The molecule has 0 saturated heterocycles. The number of thioether (sulfide) groups is 1. The Balaban J connectivity index is 2.08. The number of rotatable bonds is 19. The van der Waals surface area contributed by atoms with E-state index in [1.807, 2.05) is 30.5 Å². The van der Waals surface area contributed by atoms with Crippen molar-refractivity contribution in [2.75, 3.05) is 59.0 Å². The molecule has 1 aromatic carbocycles. The Morgan fingerprint density at radius 2 is 1.63 bits per heavy atom. The number of nitrogens with two attached hydrogens (primary N) is 1. The van der Waals surface area contributed by atoms with E-state index in [0.717, 1.165) is 11.3 Å². The lowest BCUT2D eigenvalue weighted by Gasteiger charge is -2.13. The summed E-state index contributed by atoms with van der Waals surface area (Å²) >= 11 is 1.42. The third kappa shape index (κ3) is 13.4. The van der Waals surface area contributed by atoms with Gasteiger partial charge in [-0.2, -0.15) is 0 Å². The first-order chi connectivity index (χ1) is 14.7. The standard InChI is InChI=1S/C20H33N3O6S/c1-30-20(23-16-24)14-19(25)22-15-17-2-4-18(5-3-17)29-13-12-28-11-10-27-9-8-26-7-6-21/h2-5,16,20H,6-15,21H2,1H3,(H,22,25)(H,23,24). The highest BCUT2D eigenvalue weighted by molar-refractivity contribution is 7.99. The lowest BCUT2D eigenvalue weighted by molar-refractivity contribution is -0.121. The summed E-state index contributed by atoms with van der Waals surface area (Å²) in [5, 5.41) is 5.21. The monoisotopic (exact) mass is 443 g/mol. The molecule has 9 nitrogen and oxygen atoms in total. The molecule has 4 N–H and O–H groups in total. The molecule has 170 valence electrons. The smallest absolute Gasteiger partial charge is 0.223 e. The maximum atomic E-state index is 11.9. The predicted molar refractivity (Wildman–Crippen MR) is 116 cm³/mol. The first-order valence-electron chi connectivity index (χ1n) is 9.83. The van der Waals surface area contributed by atoms with Gasteiger partial charge in [0.2, 0.25) is 12.3 Å². The molecule has 10 heteroatoms. The van der Waals surface area contributed by atoms with Crippen LogP contribution in [0.1, 0.15) is 12.0 Å². The number of carbonyl (C=O) groups excluding carboxylic acids is 2. The second kappa shape index (κ2) is 18.0. The van der Waals surface area contributed by atoms with E-state index in [4.69, 9.17) is 24.7 Å². The lowest BCUT2D eigenvalue weighted by atomic mass is 10.2. The minimum absolute atomic E-state index is 0.117. The Morgan fingerprint density at radius 1 is 1.03 bits per heavy atom. The number of carbonyl (C=O) groups is 2. The fraction of sp³-hybridized carbons (Fsp3) is 0.600. The lowest BCUT2D eigenvalue weighted by Crippen LogP contribution is -2.32. The second-order valence-corrected chi connectivity index (χ2v) is 7.15. The molecule has 0 radical (unpaired) electrons. The van der Waals surface area contributed by atoms with Crippen molar-refractivity contribution in [3.05, 3.63) is 29.8 Å². The van der Waals surface area contributed by atoms with E-state index < -0.39 is 0 Å². The van der Waals surface area contributed by atoms with E-state index in [-0.39, 0.29) is 17.7 Å². The van der Waals surface area contributed by atoms with Crippen molar-refractivity contribution < 1.29 is 28.5 Å². The number of amides is 2. The van der Waals surface area contributed by atoms with Crippen molar-refractivity contribution in [1.29, 1.82) is 0 Å². The van der Waals surface area contributed by atoms with Crippen molar-refractivity contribution >= 4 is 24.1 Å². The van der Waals surface area contributed by atoms with E-state index in [9.17, 15) is 9.59 Å². The highest BCUT2D eigenvalue weighted by Gasteiger charge is 2.11. The first kappa shape index (κ1) is 26.2. The minimum atomic E-state index is -0.220. The zero-order valence-electron chi connectivity index (χ0n) is 17.5. The maximum absolute atomic E-state index is 11.9. The quantitative estimate of drug-likeness (QED) is 0.161. The number of hydrogen-bond acceptors (Lipinski definition) is 8. The summed E-state index contributed by atoms with van der Waals surface area (Å²) in [6, 6.07) is 7.49. The summed E-state index contributed by atoms with van der Waals surface area (Å²) in [6.07, 6.45) is 2.68. The van der Waals surface area contributed by atoms with Gasteiger partial charge in [0.25, 0.3) is 0 Å². The molecule has 0 aliphatic rings. The molecule has 1 rings (SSSR count). The van der Waals surface area contributed by atoms with E-state index in [1.165, 1.54) is 11.8 Å². The number of benzene rings is 1. The summed E-state index contributed by atoms with van der Waals surface area (Å²) < 4.78 is 21.6. The van der Waals surface area contributed by atoms with Crippen LogP contribution in [0.4, 0.5) is 0 Å². The van der Waals surface area contributed by atoms with Crippen LogP contribution in [0.3, 0.4) is 0 Å². The summed E-state index contributed by atoms with van der Waals surface area (Å²) in [7, 11) is 0. The Morgan fingerprint density at radius 3 is 2.20 bits per heavy atom. The van der Waals surface area contributed by atoms with Crippen LogP contribution >= 0.6 is 11.8 Å². The molecule has 0 heterocycles. The van der Waals surface area contributed by atoms with Crippen LogP contribution < -0.4 is 21.1 Å². The molecule has 0 spiro atoms. The van der Waals surface area contributed by atoms with E-state index >= 15 is 0 Å². The Bertz CT molecular complexity index is 576. The largest absolute Gasteiger partial charge is 0.491 e. The van der Waals surface area contributed by atoms with Gasteiger partial charge in [0.05, 0.1) is 51.4 Å². The fourth-order valence-corrected chi connectivity index (χ4v) is 2.78. The average molecular weight is 444 g/mol. The molecule has 0 saturated carbocycles. The van der Waals surface area contributed by atoms with E-state index in [0.29, 0.717) is 65.7 Å². The highest BCUT2D eigenvalue weighted by Crippen LogP contribution is 2.12. The topological polar surface area (TPSA) is 121 Å². The molecule has 1 unspecified atom stereocenters. The molecule has 1 atom stereocenters. The molecular formula is C20H33N3O6S. The van der Waals surface area contributed by atoms with Crippen LogP contribution in [0.25, 0.3) is 0 Å². The van der Waals surface area contributed by atoms with Gasteiger partial charge in [-0.1, -0.05) is 12.1 Å². The molecule has 0 aliphatic carbocycles. The Kier molecular flexibility index (Phi) is 15.7. The van der Waals surface area contributed by atoms with Crippen LogP contribution in [-0.4, -0.2) is 76.7 Å². The van der Waals surface area contributed by atoms with Crippen molar-refractivity contribution in [2.24, 2.45) is 5.73 Å². The zero-order chi connectivity index (χ0) is 21.9. The molecule has 0 aliphatic heterocycles. The van der Waals surface area contributed by atoms with E-state index in [2.05, 4.69) is 10.6 Å².